The molecule has 2 saturated heterocycles. The van der Waals surface area contributed by atoms with E-state index >= 15 is 0 Å². The highest BCUT2D eigenvalue weighted by molar-refractivity contribution is 6.03. The summed E-state index contributed by atoms with van der Waals surface area (Å²) in [4.78, 5) is 27.6. The van der Waals surface area contributed by atoms with Crippen LogP contribution in [0.2, 0.25) is 0 Å². The number of hydrogen-bond donors (Lipinski definition) is 0. The van der Waals surface area contributed by atoms with E-state index in [1.54, 1.807) is 4.90 Å². The van der Waals surface area contributed by atoms with Gasteiger partial charge in [0.05, 0.1) is 25.2 Å². The third-order valence-corrected chi connectivity index (χ3v) is 5.48. The van der Waals surface area contributed by atoms with Crippen LogP contribution < -0.4 is 4.90 Å². The number of anilines is 1. The molecule has 1 spiro atoms. The normalized spacial score (nSPS) is 32.3. The number of amides is 1. The molecule has 3 aliphatic rings. The third-order valence-electron chi connectivity index (χ3n) is 5.48. The second-order valence-corrected chi connectivity index (χ2v) is 6.97. The first-order valence-corrected chi connectivity index (χ1v) is 9.04. The number of para-hydroxylation sites is 1. The summed E-state index contributed by atoms with van der Waals surface area (Å²) >= 11 is 0. The number of ether oxygens (including phenoxy) is 2. The van der Waals surface area contributed by atoms with E-state index in [9.17, 15) is 9.59 Å². The Morgan fingerprint density at radius 3 is 2.92 bits per heavy atom. The summed E-state index contributed by atoms with van der Waals surface area (Å²) in [6.07, 6.45) is 5.15. The highest BCUT2D eigenvalue weighted by Gasteiger charge is 2.67. The molecule has 0 saturated carbocycles. The van der Waals surface area contributed by atoms with Gasteiger partial charge in [-0.1, -0.05) is 44.2 Å². The summed E-state index contributed by atoms with van der Waals surface area (Å²) in [6, 6.07) is 7.92. The molecule has 4 unspecified atom stereocenters. The zero-order valence-corrected chi connectivity index (χ0v) is 14.6. The van der Waals surface area contributed by atoms with Crippen LogP contribution in [0.3, 0.4) is 0 Å². The maximum Gasteiger partial charge on any atom is 0.312 e. The summed E-state index contributed by atoms with van der Waals surface area (Å²) < 4.78 is 11.5. The molecule has 0 radical (unpaired) electrons. The van der Waals surface area contributed by atoms with Gasteiger partial charge in [0.2, 0.25) is 5.91 Å². The minimum atomic E-state index is -0.696. The first kappa shape index (κ1) is 16.3. The SMILES string of the molecule is CCCOC(=O)C1C2C=CC3(CN(c4ccccc4CC)C(=O)C13)O2. The van der Waals surface area contributed by atoms with Crippen molar-refractivity contribution in [3.05, 3.63) is 42.0 Å². The standard InChI is InChI=1S/C20H23NO4/c1-3-11-24-19(23)16-15-9-10-20(25-15)12-21(18(22)17(16)20)14-8-6-5-7-13(14)4-2/h5-10,15-17H,3-4,11-12H2,1-2H3. The van der Waals surface area contributed by atoms with Gasteiger partial charge in [0.1, 0.15) is 11.5 Å². The Labute approximate surface area is 147 Å². The van der Waals surface area contributed by atoms with Crippen LogP contribution in [0.15, 0.2) is 36.4 Å². The average molecular weight is 341 g/mol. The van der Waals surface area contributed by atoms with Gasteiger partial charge in [-0.2, -0.15) is 0 Å². The number of hydrogen-bond acceptors (Lipinski definition) is 4. The predicted molar refractivity (Wildman–Crippen MR) is 93.1 cm³/mol. The van der Waals surface area contributed by atoms with Crippen molar-refractivity contribution >= 4 is 17.6 Å². The van der Waals surface area contributed by atoms with Crippen LogP contribution in [0, 0.1) is 11.8 Å². The molecule has 5 nitrogen and oxygen atoms in total. The smallest absolute Gasteiger partial charge is 0.312 e. The Balaban J connectivity index is 1.67. The quantitative estimate of drug-likeness (QED) is 0.610. The summed E-state index contributed by atoms with van der Waals surface area (Å²) in [5.41, 5.74) is 1.34. The fraction of sp³-hybridized carbons (Fsp3) is 0.500. The topological polar surface area (TPSA) is 55.8 Å². The van der Waals surface area contributed by atoms with E-state index in [0.717, 1.165) is 24.1 Å². The molecule has 1 aromatic rings. The summed E-state index contributed by atoms with van der Waals surface area (Å²) in [7, 11) is 0. The fourth-order valence-electron chi connectivity index (χ4n) is 4.34. The monoisotopic (exact) mass is 341 g/mol. The van der Waals surface area contributed by atoms with Crippen molar-refractivity contribution in [3.8, 4) is 0 Å². The number of fused-ring (bicyclic) bond motifs is 1. The third kappa shape index (κ3) is 2.33. The van der Waals surface area contributed by atoms with Gasteiger partial charge < -0.3 is 14.4 Å². The van der Waals surface area contributed by atoms with Crippen molar-refractivity contribution in [3.63, 3.8) is 0 Å². The molecule has 2 bridgehead atoms. The van der Waals surface area contributed by atoms with Gasteiger partial charge in [-0.25, -0.2) is 0 Å². The molecule has 1 aromatic carbocycles. The van der Waals surface area contributed by atoms with Gasteiger partial charge in [-0.05, 0) is 24.5 Å². The lowest BCUT2D eigenvalue weighted by atomic mass is 9.77. The molecule has 0 aliphatic carbocycles. The van der Waals surface area contributed by atoms with E-state index in [4.69, 9.17) is 9.47 Å². The zero-order valence-electron chi connectivity index (χ0n) is 14.6. The van der Waals surface area contributed by atoms with E-state index in [0.29, 0.717) is 13.2 Å². The van der Waals surface area contributed by atoms with Crippen molar-refractivity contribution < 1.29 is 19.1 Å². The Bertz CT molecular complexity index is 743. The van der Waals surface area contributed by atoms with Gasteiger partial charge >= 0.3 is 5.97 Å². The Hall–Kier alpha value is -2.14. The van der Waals surface area contributed by atoms with Crippen molar-refractivity contribution in [1.82, 2.24) is 0 Å². The molecule has 4 rings (SSSR count). The molecular weight excluding hydrogens is 318 g/mol. The lowest BCUT2D eigenvalue weighted by Gasteiger charge is -2.23. The van der Waals surface area contributed by atoms with Crippen LogP contribution in [0.5, 0.6) is 0 Å². The average Bonchev–Trinajstić information content (AvgIpc) is 3.28. The largest absolute Gasteiger partial charge is 0.465 e. The van der Waals surface area contributed by atoms with Crippen LogP contribution in [-0.4, -0.2) is 36.7 Å². The summed E-state index contributed by atoms with van der Waals surface area (Å²) in [5, 5.41) is 0. The number of aryl methyl sites for hydroxylation is 1. The molecule has 0 N–H and O–H groups in total. The molecule has 1 amide bonds. The maximum absolute atomic E-state index is 13.2. The second-order valence-electron chi connectivity index (χ2n) is 6.97. The zero-order chi connectivity index (χ0) is 17.6. The van der Waals surface area contributed by atoms with Gasteiger partial charge in [0, 0.05) is 5.69 Å². The highest BCUT2D eigenvalue weighted by Crippen LogP contribution is 2.53. The van der Waals surface area contributed by atoms with Crippen LogP contribution >= 0.6 is 0 Å². The summed E-state index contributed by atoms with van der Waals surface area (Å²) in [5.74, 6) is -1.38. The fourth-order valence-corrected chi connectivity index (χ4v) is 4.34. The molecule has 2 fully saturated rings. The van der Waals surface area contributed by atoms with Crippen molar-refractivity contribution in [1.29, 1.82) is 0 Å². The Kier molecular flexibility index (Phi) is 3.91. The van der Waals surface area contributed by atoms with Crippen molar-refractivity contribution in [2.24, 2.45) is 11.8 Å². The minimum absolute atomic E-state index is 0.0359. The van der Waals surface area contributed by atoms with Gasteiger partial charge in [0.15, 0.2) is 0 Å². The molecule has 5 heteroatoms. The number of rotatable bonds is 5. The number of nitrogens with zero attached hydrogens (tertiary/aromatic N) is 1. The van der Waals surface area contributed by atoms with Crippen LogP contribution in [0.4, 0.5) is 5.69 Å². The van der Waals surface area contributed by atoms with Gasteiger partial charge in [0.25, 0.3) is 0 Å². The molecule has 4 atom stereocenters. The van der Waals surface area contributed by atoms with E-state index < -0.39 is 17.4 Å². The molecular formula is C20H23NO4. The maximum atomic E-state index is 13.2. The number of carbonyl (C=O) groups is 2. The molecule has 132 valence electrons. The van der Waals surface area contributed by atoms with Crippen molar-refractivity contribution in [2.75, 3.05) is 18.1 Å². The minimum Gasteiger partial charge on any atom is -0.465 e. The predicted octanol–water partition coefficient (Wildman–Crippen LogP) is 2.49. The van der Waals surface area contributed by atoms with E-state index in [2.05, 4.69) is 6.92 Å². The first-order chi connectivity index (χ1) is 12.1. The van der Waals surface area contributed by atoms with Gasteiger partial charge in [-0.15, -0.1) is 0 Å². The second kappa shape index (κ2) is 5.99. The molecule has 3 heterocycles. The first-order valence-electron chi connectivity index (χ1n) is 9.04. The van der Waals surface area contributed by atoms with Crippen LogP contribution in [0.25, 0.3) is 0 Å². The lowest BCUT2D eigenvalue weighted by Crippen LogP contribution is -2.40. The number of carbonyl (C=O) groups excluding carboxylic acids is 2. The van der Waals surface area contributed by atoms with Gasteiger partial charge in [-0.3, -0.25) is 9.59 Å². The van der Waals surface area contributed by atoms with Crippen LogP contribution in [-0.2, 0) is 25.5 Å². The summed E-state index contributed by atoms with van der Waals surface area (Å²) in [6.45, 7) is 4.86. The van der Waals surface area contributed by atoms with Crippen LogP contribution in [0.1, 0.15) is 25.8 Å². The number of benzene rings is 1. The highest BCUT2D eigenvalue weighted by atomic mass is 16.6. The molecule has 0 aromatic heterocycles. The molecule has 25 heavy (non-hydrogen) atoms. The van der Waals surface area contributed by atoms with E-state index in [-0.39, 0.29) is 18.0 Å². The van der Waals surface area contributed by atoms with Crippen molar-refractivity contribution in [2.45, 2.75) is 38.4 Å². The Morgan fingerprint density at radius 1 is 1.36 bits per heavy atom. The van der Waals surface area contributed by atoms with E-state index in [1.165, 1.54) is 0 Å². The van der Waals surface area contributed by atoms with E-state index in [1.807, 2.05) is 43.3 Å². The Morgan fingerprint density at radius 2 is 2.16 bits per heavy atom. The number of esters is 1. The molecule has 3 aliphatic heterocycles. The lowest BCUT2D eigenvalue weighted by molar-refractivity contribution is -0.152.